The third-order valence-corrected chi connectivity index (χ3v) is 4.30. The zero-order valence-electron chi connectivity index (χ0n) is 13.2. The smallest absolute Gasteiger partial charge is 0.272 e. The summed E-state index contributed by atoms with van der Waals surface area (Å²) in [5, 5.41) is 7.49. The highest BCUT2D eigenvalue weighted by Crippen LogP contribution is 2.25. The minimum absolute atomic E-state index is 0.0957. The van der Waals surface area contributed by atoms with Crippen LogP contribution in [0.5, 0.6) is 5.88 Å². The van der Waals surface area contributed by atoms with Gasteiger partial charge in [-0.05, 0) is 18.2 Å². The number of pyridine rings is 1. The summed E-state index contributed by atoms with van der Waals surface area (Å²) in [6, 6.07) is 15.0. The number of hydrogen-bond donors (Lipinski definition) is 1. The maximum atomic E-state index is 12.5. The number of halogens is 1. The topological polar surface area (TPSA) is 71.1 Å². The molecule has 0 spiro atoms. The van der Waals surface area contributed by atoms with E-state index in [1.165, 1.54) is 0 Å². The van der Waals surface area contributed by atoms with Gasteiger partial charge in [0.05, 0.1) is 18.8 Å². The third kappa shape index (κ3) is 3.21. The number of amides is 1. The van der Waals surface area contributed by atoms with Crippen molar-refractivity contribution in [3.05, 3.63) is 65.4 Å². The predicted molar refractivity (Wildman–Crippen MR) is 93.6 cm³/mol. The van der Waals surface area contributed by atoms with Crippen molar-refractivity contribution in [3.63, 3.8) is 0 Å². The SMILES string of the molecule is O=C(c1cc(-c2ccccc2)n[nH]1)N1CC(Oc2ncccc2Cl)C1. The first-order valence-electron chi connectivity index (χ1n) is 7.88. The van der Waals surface area contributed by atoms with Gasteiger partial charge in [-0.15, -0.1) is 0 Å². The first-order chi connectivity index (χ1) is 12.2. The lowest BCUT2D eigenvalue weighted by Crippen LogP contribution is -2.56. The molecule has 0 radical (unpaired) electrons. The Balaban J connectivity index is 1.37. The van der Waals surface area contributed by atoms with Gasteiger partial charge in [-0.2, -0.15) is 5.10 Å². The number of aromatic nitrogens is 3. The van der Waals surface area contributed by atoms with E-state index in [0.717, 1.165) is 11.3 Å². The molecule has 0 unspecified atom stereocenters. The van der Waals surface area contributed by atoms with E-state index >= 15 is 0 Å². The van der Waals surface area contributed by atoms with Crippen LogP contribution in [0.3, 0.4) is 0 Å². The molecule has 0 saturated carbocycles. The molecule has 2 aromatic heterocycles. The summed E-state index contributed by atoms with van der Waals surface area (Å²) in [4.78, 5) is 18.3. The van der Waals surface area contributed by atoms with Gasteiger partial charge >= 0.3 is 0 Å². The van der Waals surface area contributed by atoms with Crippen molar-refractivity contribution in [2.45, 2.75) is 6.10 Å². The summed E-state index contributed by atoms with van der Waals surface area (Å²) in [6.45, 7) is 0.983. The highest BCUT2D eigenvalue weighted by molar-refractivity contribution is 6.31. The summed E-state index contributed by atoms with van der Waals surface area (Å²) < 4.78 is 5.71. The van der Waals surface area contributed by atoms with E-state index < -0.39 is 0 Å². The number of hydrogen-bond acceptors (Lipinski definition) is 4. The molecule has 4 rings (SSSR count). The minimum atomic E-state index is -0.104. The molecule has 1 saturated heterocycles. The normalized spacial score (nSPS) is 14.2. The molecular weight excluding hydrogens is 340 g/mol. The number of carbonyl (C=O) groups is 1. The summed E-state index contributed by atoms with van der Waals surface area (Å²) >= 11 is 6.02. The summed E-state index contributed by atoms with van der Waals surface area (Å²) in [6.07, 6.45) is 1.52. The van der Waals surface area contributed by atoms with Crippen molar-refractivity contribution in [1.29, 1.82) is 0 Å². The van der Waals surface area contributed by atoms with Crippen LogP contribution < -0.4 is 4.74 Å². The number of nitrogens with one attached hydrogen (secondary N) is 1. The summed E-state index contributed by atoms with van der Waals surface area (Å²) in [5.41, 5.74) is 2.18. The molecule has 6 nitrogen and oxygen atoms in total. The Bertz CT molecular complexity index is 891. The Morgan fingerprint density at radius 3 is 2.76 bits per heavy atom. The number of nitrogens with zero attached hydrogens (tertiary/aromatic N) is 3. The highest BCUT2D eigenvalue weighted by atomic mass is 35.5. The molecule has 1 amide bonds. The van der Waals surface area contributed by atoms with Gasteiger partial charge in [-0.25, -0.2) is 4.98 Å². The first-order valence-corrected chi connectivity index (χ1v) is 8.26. The van der Waals surface area contributed by atoms with Crippen molar-refractivity contribution in [1.82, 2.24) is 20.1 Å². The predicted octanol–water partition coefficient (Wildman–Crippen LogP) is 3.03. The van der Waals surface area contributed by atoms with E-state index in [4.69, 9.17) is 16.3 Å². The Labute approximate surface area is 149 Å². The highest BCUT2D eigenvalue weighted by Gasteiger charge is 2.34. The van der Waals surface area contributed by atoms with Crippen LogP contribution in [0, 0.1) is 0 Å². The van der Waals surface area contributed by atoms with Gasteiger partial charge in [-0.1, -0.05) is 41.9 Å². The summed E-state index contributed by atoms with van der Waals surface area (Å²) in [7, 11) is 0. The van der Waals surface area contributed by atoms with Crippen molar-refractivity contribution in [3.8, 4) is 17.1 Å². The molecule has 3 aromatic rings. The minimum Gasteiger partial charge on any atom is -0.470 e. The average molecular weight is 355 g/mol. The monoisotopic (exact) mass is 354 g/mol. The molecular formula is C18H15ClN4O2. The van der Waals surface area contributed by atoms with E-state index in [1.54, 1.807) is 29.3 Å². The van der Waals surface area contributed by atoms with Gasteiger partial charge in [0.2, 0.25) is 5.88 Å². The van der Waals surface area contributed by atoms with Crippen LogP contribution in [0.25, 0.3) is 11.3 Å². The lowest BCUT2D eigenvalue weighted by molar-refractivity contribution is 0.0156. The van der Waals surface area contributed by atoms with Gasteiger partial charge in [0.1, 0.15) is 16.8 Å². The molecule has 126 valence electrons. The van der Waals surface area contributed by atoms with Gasteiger partial charge in [0.15, 0.2) is 0 Å². The number of benzene rings is 1. The lowest BCUT2D eigenvalue weighted by atomic mass is 10.1. The van der Waals surface area contributed by atoms with E-state index in [-0.39, 0.29) is 12.0 Å². The summed E-state index contributed by atoms with van der Waals surface area (Å²) in [5.74, 6) is 0.302. The number of likely N-dealkylation sites (tertiary alicyclic amines) is 1. The fourth-order valence-corrected chi connectivity index (χ4v) is 2.82. The number of carbonyl (C=O) groups excluding carboxylic acids is 1. The van der Waals surface area contributed by atoms with Gasteiger partial charge < -0.3 is 9.64 Å². The van der Waals surface area contributed by atoms with Crippen molar-refractivity contribution in [2.75, 3.05) is 13.1 Å². The third-order valence-electron chi connectivity index (χ3n) is 4.02. The van der Waals surface area contributed by atoms with Crippen LogP contribution in [0.15, 0.2) is 54.7 Å². The molecule has 1 aliphatic rings. The molecule has 1 N–H and O–H groups in total. The Morgan fingerprint density at radius 2 is 2.00 bits per heavy atom. The number of aromatic amines is 1. The lowest BCUT2D eigenvalue weighted by Gasteiger charge is -2.38. The van der Waals surface area contributed by atoms with Gasteiger partial charge in [0, 0.05) is 11.8 Å². The number of ether oxygens (including phenoxy) is 1. The quantitative estimate of drug-likeness (QED) is 0.781. The van der Waals surface area contributed by atoms with Gasteiger partial charge in [0.25, 0.3) is 5.91 Å². The standard InChI is InChI=1S/C18H15ClN4O2/c19-14-7-4-8-20-17(14)25-13-10-23(11-13)18(24)16-9-15(21-22-16)12-5-2-1-3-6-12/h1-9,13H,10-11H2,(H,21,22). The fraction of sp³-hybridized carbons (Fsp3) is 0.167. The molecule has 25 heavy (non-hydrogen) atoms. The second kappa shape index (κ2) is 6.57. The van der Waals surface area contributed by atoms with E-state index in [0.29, 0.717) is 29.7 Å². The van der Waals surface area contributed by atoms with Crippen molar-refractivity contribution in [2.24, 2.45) is 0 Å². The zero-order valence-corrected chi connectivity index (χ0v) is 14.0. The van der Waals surface area contributed by atoms with Crippen LogP contribution in [0.1, 0.15) is 10.5 Å². The van der Waals surface area contributed by atoms with Crippen molar-refractivity contribution < 1.29 is 9.53 Å². The molecule has 7 heteroatoms. The first kappa shape index (κ1) is 15.7. The van der Waals surface area contributed by atoms with Crippen molar-refractivity contribution >= 4 is 17.5 Å². The Kier molecular flexibility index (Phi) is 4.11. The van der Waals surface area contributed by atoms with E-state index in [2.05, 4.69) is 15.2 Å². The second-order valence-electron chi connectivity index (χ2n) is 5.77. The maximum absolute atomic E-state index is 12.5. The molecule has 0 aliphatic carbocycles. The Morgan fingerprint density at radius 1 is 1.20 bits per heavy atom. The van der Waals surface area contributed by atoms with Crippen LogP contribution in [-0.4, -0.2) is 45.2 Å². The largest absolute Gasteiger partial charge is 0.470 e. The van der Waals surface area contributed by atoms with Gasteiger partial charge in [-0.3, -0.25) is 9.89 Å². The zero-order chi connectivity index (χ0) is 17.2. The fourth-order valence-electron chi connectivity index (χ4n) is 2.65. The maximum Gasteiger partial charge on any atom is 0.272 e. The van der Waals surface area contributed by atoms with Crippen LogP contribution in [0.4, 0.5) is 0 Å². The molecule has 1 fully saturated rings. The number of rotatable bonds is 4. The molecule has 1 aliphatic heterocycles. The molecule has 1 aromatic carbocycles. The van der Waals surface area contributed by atoms with Crippen LogP contribution in [0.2, 0.25) is 5.02 Å². The molecule has 0 atom stereocenters. The van der Waals surface area contributed by atoms with Crippen LogP contribution in [-0.2, 0) is 0 Å². The van der Waals surface area contributed by atoms with Crippen LogP contribution >= 0.6 is 11.6 Å². The second-order valence-corrected chi connectivity index (χ2v) is 6.18. The average Bonchev–Trinajstić information content (AvgIpc) is 3.09. The molecule has 0 bridgehead atoms. The van der Waals surface area contributed by atoms with E-state index in [9.17, 15) is 4.79 Å². The number of H-pyrrole nitrogens is 1. The Hall–Kier alpha value is -2.86. The van der Waals surface area contributed by atoms with E-state index in [1.807, 2.05) is 30.3 Å². The molecule has 3 heterocycles.